The van der Waals surface area contributed by atoms with E-state index in [-0.39, 0.29) is 5.91 Å². The summed E-state index contributed by atoms with van der Waals surface area (Å²) in [7, 11) is 3.15. The summed E-state index contributed by atoms with van der Waals surface area (Å²) in [5.74, 6) is 1.78. The van der Waals surface area contributed by atoms with Gasteiger partial charge >= 0.3 is 0 Å². The molecule has 0 atom stereocenters. The van der Waals surface area contributed by atoms with Crippen molar-refractivity contribution in [1.29, 1.82) is 0 Å². The highest BCUT2D eigenvalue weighted by atomic mass is 16.5. The predicted molar refractivity (Wildman–Crippen MR) is 77.2 cm³/mol. The van der Waals surface area contributed by atoms with Gasteiger partial charge in [0.2, 0.25) is 0 Å². The van der Waals surface area contributed by atoms with Crippen LogP contribution in [0.15, 0.2) is 18.2 Å². The van der Waals surface area contributed by atoms with Gasteiger partial charge in [-0.1, -0.05) is 0 Å². The Morgan fingerprint density at radius 2 is 2.00 bits per heavy atom. The minimum atomic E-state index is 0.0139. The van der Waals surface area contributed by atoms with E-state index in [0.717, 1.165) is 25.9 Å². The van der Waals surface area contributed by atoms with E-state index in [1.165, 1.54) is 0 Å². The molecule has 1 fully saturated rings. The summed E-state index contributed by atoms with van der Waals surface area (Å²) in [5.41, 5.74) is 6.26. The van der Waals surface area contributed by atoms with E-state index < -0.39 is 0 Å². The molecule has 1 aliphatic heterocycles. The van der Waals surface area contributed by atoms with Gasteiger partial charge in [0.05, 0.1) is 19.8 Å². The maximum Gasteiger partial charge on any atom is 0.257 e. The smallest absolute Gasteiger partial charge is 0.257 e. The van der Waals surface area contributed by atoms with E-state index in [1.54, 1.807) is 32.4 Å². The second-order valence-corrected chi connectivity index (χ2v) is 5.04. The summed E-state index contributed by atoms with van der Waals surface area (Å²) in [4.78, 5) is 14.4. The molecule has 1 heterocycles. The number of piperidine rings is 1. The molecule has 0 saturated carbocycles. The van der Waals surface area contributed by atoms with Crippen LogP contribution in [0.3, 0.4) is 0 Å². The Morgan fingerprint density at radius 3 is 2.55 bits per heavy atom. The molecule has 20 heavy (non-hydrogen) atoms. The van der Waals surface area contributed by atoms with Gasteiger partial charge in [0, 0.05) is 19.2 Å². The highest BCUT2D eigenvalue weighted by molar-refractivity contribution is 5.97. The number of carbonyl (C=O) groups is 1. The first kappa shape index (κ1) is 14.7. The average molecular weight is 278 g/mol. The van der Waals surface area contributed by atoms with Crippen LogP contribution < -0.4 is 15.2 Å². The van der Waals surface area contributed by atoms with Gasteiger partial charge in [0.15, 0.2) is 0 Å². The van der Waals surface area contributed by atoms with Crippen LogP contribution in [0.5, 0.6) is 11.5 Å². The molecule has 5 nitrogen and oxygen atoms in total. The number of nitrogens with two attached hydrogens (primary N) is 1. The monoisotopic (exact) mass is 278 g/mol. The molecule has 0 aromatic heterocycles. The third kappa shape index (κ3) is 3.04. The Morgan fingerprint density at radius 1 is 1.30 bits per heavy atom. The van der Waals surface area contributed by atoms with Crippen molar-refractivity contribution in [3.63, 3.8) is 0 Å². The third-order valence-electron chi connectivity index (χ3n) is 3.87. The minimum absolute atomic E-state index is 0.0139. The first-order valence-electron chi connectivity index (χ1n) is 6.91. The van der Waals surface area contributed by atoms with Gasteiger partial charge in [0.1, 0.15) is 11.5 Å². The molecule has 110 valence electrons. The Bertz CT molecular complexity index is 468. The molecule has 0 spiro atoms. The Kier molecular flexibility index (Phi) is 4.84. The molecule has 1 saturated heterocycles. The largest absolute Gasteiger partial charge is 0.497 e. The summed E-state index contributed by atoms with van der Waals surface area (Å²) in [6, 6.07) is 5.28. The van der Waals surface area contributed by atoms with Crippen LogP contribution in [-0.4, -0.2) is 44.7 Å². The van der Waals surface area contributed by atoms with Crippen molar-refractivity contribution in [2.24, 2.45) is 11.7 Å². The van der Waals surface area contributed by atoms with Crippen molar-refractivity contribution >= 4 is 5.91 Å². The number of carbonyl (C=O) groups excluding carboxylic acids is 1. The summed E-state index contributed by atoms with van der Waals surface area (Å²) in [6.45, 7) is 2.22. The SMILES string of the molecule is COc1ccc(C(=O)N2CCC(CN)CC2)c(OC)c1. The second kappa shape index (κ2) is 6.61. The van der Waals surface area contributed by atoms with Crippen LogP contribution in [0, 0.1) is 5.92 Å². The van der Waals surface area contributed by atoms with Crippen LogP contribution >= 0.6 is 0 Å². The summed E-state index contributed by atoms with van der Waals surface area (Å²) in [6.07, 6.45) is 1.95. The Labute approximate surface area is 119 Å². The van der Waals surface area contributed by atoms with Crippen molar-refractivity contribution in [3.8, 4) is 11.5 Å². The maximum atomic E-state index is 12.5. The fourth-order valence-electron chi connectivity index (χ4n) is 2.52. The molecule has 2 N–H and O–H groups in total. The number of hydrogen-bond donors (Lipinski definition) is 1. The third-order valence-corrected chi connectivity index (χ3v) is 3.87. The quantitative estimate of drug-likeness (QED) is 0.907. The van der Waals surface area contributed by atoms with Crippen molar-refractivity contribution in [2.75, 3.05) is 33.9 Å². The van der Waals surface area contributed by atoms with E-state index in [4.69, 9.17) is 15.2 Å². The number of rotatable bonds is 4. The van der Waals surface area contributed by atoms with E-state index in [2.05, 4.69) is 0 Å². The Hall–Kier alpha value is -1.75. The molecular weight excluding hydrogens is 256 g/mol. The first-order valence-corrected chi connectivity index (χ1v) is 6.91. The fourth-order valence-corrected chi connectivity index (χ4v) is 2.52. The fraction of sp³-hybridized carbons (Fsp3) is 0.533. The molecule has 0 unspecified atom stereocenters. The van der Waals surface area contributed by atoms with E-state index >= 15 is 0 Å². The zero-order valence-corrected chi connectivity index (χ0v) is 12.1. The molecule has 1 aliphatic rings. The standard InChI is InChI=1S/C15H22N2O3/c1-19-12-3-4-13(14(9-12)20-2)15(18)17-7-5-11(10-16)6-8-17/h3-4,9,11H,5-8,10,16H2,1-2H3. The van der Waals surface area contributed by atoms with E-state index in [1.807, 2.05) is 4.90 Å². The predicted octanol–water partition coefficient (Wildman–Crippen LogP) is 1.51. The van der Waals surface area contributed by atoms with Crippen LogP contribution in [0.25, 0.3) is 0 Å². The van der Waals surface area contributed by atoms with Crippen LogP contribution in [-0.2, 0) is 0 Å². The number of benzene rings is 1. The van der Waals surface area contributed by atoms with Gasteiger partial charge in [-0.05, 0) is 37.4 Å². The molecular formula is C15H22N2O3. The number of methoxy groups -OCH3 is 2. The van der Waals surface area contributed by atoms with Crippen molar-refractivity contribution in [3.05, 3.63) is 23.8 Å². The molecule has 0 bridgehead atoms. The van der Waals surface area contributed by atoms with Gasteiger partial charge in [-0.25, -0.2) is 0 Å². The number of ether oxygens (including phenoxy) is 2. The lowest BCUT2D eigenvalue weighted by Gasteiger charge is -2.31. The van der Waals surface area contributed by atoms with Crippen LogP contribution in [0.2, 0.25) is 0 Å². The molecule has 2 rings (SSSR count). The molecule has 5 heteroatoms. The number of nitrogens with zero attached hydrogens (tertiary/aromatic N) is 1. The summed E-state index contributed by atoms with van der Waals surface area (Å²) in [5, 5.41) is 0. The summed E-state index contributed by atoms with van der Waals surface area (Å²) < 4.78 is 10.4. The lowest BCUT2D eigenvalue weighted by Crippen LogP contribution is -2.40. The topological polar surface area (TPSA) is 64.8 Å². The lowest BCUT2D eigenvalue weighted by atomic mass is 9.96. The molecule has 0 radical (unpaired) electrons. The van der Waals surface area contributed by atoms with Gasteiger partial charge in [-0.15, -0.1) is 0 Å². The molecule has 1 aromatic carbocycles. The van der Waals surface area contributed by atoms with Gasteiger partial charge in [-0.3, -0.25) is 4.79 Å². The Balaban J connectivity index is 2.13. The van der Waals surface area contributed by atoms with Gasteiger partial charge in [-0.2, -0.15) is 0 Å². The zero-order valence-electron chi connectivity index (χ0n) is 12.1. The lowest BCUT2D eigenvalue weighted by molar-refractivity contribution is 0.0690. The van der Waals surface area contributed by atoms with Crippen LogP contribution in [0.1, 0.15) is 23.2 Å². The van der Waals surface area contributed by atoms with E-state index in [0.29, 0.717) is 29.5 Å². The maximum absolute atomic E-state index is 12.5. The normalized spacial score (nSPS) is 16.1. The summed E-state index contributed by atoms with van der Waals surface area (Å²) >= 11 is 0. The van der Waals surface area contributed by atoms with Crippen molar-refractivity contribution in [1.82, 2.24) is 4.90 Å². The first-order chi connectivity index (χ1) is 9.69. The average Bonchev–Trinajstić information content (AvgIpc) is 2.53. The highest BCUT2D eigenvalue weighted by Crippen LogP contribution is 2.27. The van der Waals surface area contributed by atoms with Crippen molar-refractivity contribution < 1.29 is 14.3 Å². The number of amides is 1. The van der Waals surface area contributed by atoms with Gasteiger partial charge in [0.25, 0.3) is 5.91 Å². The number of hydrogen-bond acceptors (Lipinski definition) is 4. The zero-order chi connectivity index (χ0) is 14.5. The van der Waals surface area contributed by atoms with Crippen LogP contribution in [0.4, 0.5) is 0 Å². The molecule has 1 amide bonds. The van der Waals surface area contributed by atoms with Crippen molar-refractivity contribution in [2.45, 2.75) is 12.8 Å². The van der Waals surface area contributed by atoms with E-state index in [9.17, 15) is 4.79 Å². The molecule has 0 aliphatic carbocycles. The highest BCUT2D eigenvalue weighted by Gasteiger charge is 2.24. The van der Waals surface area contributed by atoms with Gasteiger partial charge < -0.3 is 20.1 Å². The number of likely N-dealkylation sites (tertiary alicyclic amines) is 1. The minimum Gasteiger partial charge on any atom is -0.497 e. The molecule has 1 aromatic rings. The second-order valence-electron chi connectivity index (χ2n) is 5.04.